The summed E-state index contributed by atoms with van der Waals surface area (Å²) in [6, 6.07) is 20.4. The lowest BCUT2D eigenvalue weighted by Gasteiger charge is -2.44. The molecule has 2 amide bonds. The highest BCUT2D eigenvalue weighted by Gasteiger charge is 2.46. The van der Waals surface area contributed by atoms with Gasteiger partial charge >= 0.3 is 0 Å². The van der Waals surface area contributed by atoms with Gasteiger partial charge in [-0.15, -0.1) is 0 Å². The Morgan fingerprint density at radius 2 is 1.68 bits per heavy atom. The Balaban J connectivity index is 0.00000320. The second-order valence-electron chi connectivity index (χ2n) is 8.68. The number of carbonyl (C=O) groups is 2. The number of benzene rings is 2. The van der Waals surface area contributed by atoms with Gasteiger partial charge in [0, 0.05) is 43.2 Å². The number of nitrogens with one attached hydrogen (secondary N) is 1. The van der Waals surface area contributed by atoms with Gasteiger partial charge in [-0.25, -0.2) is 0 Å². The molecule has 2 aliphatic rings. The van der Waals surface area contributed by atoms with Crippen LogP contribution in [-0.4, -0.2) is 65.3 Å². The average molecular weight is 504 g/mol. The molecule has 3 heterocycles. The Morgan fingerprint density at radius 1 is 0.973 bits per heavy atom. The van der Waals surface area contributed by atoms with E-state index in [4.69, 9.17) is 15.3 Å². The molecule has 2 unspecified atom stereocenters. The number of nitrogens with two attached hydrogens (primary N) is 1. The number of rotatable bonds is 7. The SMILES string of the molecule is NC(=O)C(c1ccccc1)(c1ccc(NC(=O)C2CC(c3cccnc3)=NO2)cc1)N1CCOCC1.O. The molecule has 0 bridgehead atoms. The maximum absolute atomic E-state index is 13.1. The van der Waals surface area contributed by atoms with Gasteiger partial charge in [0.1, 0.15) is 0 Å². The van der Waals surface area contributed by atoms with Gasteiger partial charge in [0.2, 0.25) is 12.0 Å². The van der Waals surface area contributed by atoms with Crippen molar-refractivity contribution >= 4 is 23.2 Å². The molecule has 1 aromatic heterocycles. The summed E-state index contributed by atoms with van der Waals surface area (Å²) in [5, 5.41) is 6.93. The topological polar surface area (TPSA) is 151 Å². The first-order valence-corrected chi connectivity index (χ1v) is 11.8. The van der Waals surface area contributed by atoms with Gasteiger partial charge in [0.15, 0.2) is 5.54 Å². The van der Waals surface area contributed by atoms with E-state index in [-0.39, 0.29) is 11.4 Å². The number of anilines is 1. The van der Waals surface area contributed by atoms with E-state index in [0.717, 1.165) is 16.7 Å². The van der Waals surface area contributed by atoms with Crippen LogP contribution in [0.25, 0.3) is 0 Å². The number of ether oxygens (including phenoxy) is 1. The number of hydrogen-bond acceptors (Lipinski definition) is 7. The molecule has 2 atom stereocenters. The van der Waals surface area contributed by atoms with Crippen LogP contribution < -0.4 is 11.1 Å². The number of pyridine rings is 1. The van der Waals surface area contributed by atoms with Crippen molar-refractivity contribution in [2.75, 3.05) is 31.6 Å². The van der Waals surface area contributed by atoms with Crippen molar-refractivity contribution in [3.05, 3.63) is 95.8 Å². The molecule has 10 heteroatoms. The van der Waals surface area contributed by atoms with Crippen molar-refractivity contribution in [2.45, 2.75) is 18.1 Å². The zero-order chi connectivity index (χ0) is 25.0. The molecule has 1 fully saturated rings. The molecule has 37 heavy (non-hydrogen) atoms. The number of primary amides is 1. The number of morpholine rings is 1. The minimum atomic E-state index is -1.16. The summed E-state index contributed by atoms with van der Waals surface area (Å²) in [7, 11) is 0. The van der Waals surface area contributed by atoms with Crippen LogP contribution in [0.2, 0.25) is 0 Å². The molecular weight excluding hydrogens is 474 g/mol. The summed E-state index contributed by atoms with van der Waals surface area (Å²) < 4.78 is 5.53. The Bertz CT molecular complexity index is 1250. The molecule has 0 spiro atoms. The van der Waals surface area contributed by atoms with Gasteiger partial charge in [-0.2, -0.15) is 0 Å². The second-order valence-corrected chi connectivity index (χ2v) is 8.68. The molecule has 2 aliphatic heterocycles. The summed E-state index contributed by atoms with van der Waals surface area (Å²) >= 11 is 0. The van der Waals surface area contributed by atoms with Crippen LogP contribution in [0.15, 0.2) is 84.3 Å². The van der Waals surface area contributed by atoms with Crippen LogP contribution in [0.1, 0.15) is 23.1 Å². The molecule has 192 valence electrons. The number of carbonyl (C=O) groups excluding carboxylic acids is 2. The lowest BCUT2D eigenvalue weighted by molar-refractivity contribution is -0.131. The highest BCUT2D eigenvalue weighted by Crippen LogP contribution is 2.37. The lowest BCUT2D eigenvalue weighted by atomic mass is 9.80. The molecule has 5 rings (SSSR count). The number of amides is 2. The minimum Gasteiger partial charge on any atom is -0.412 e. The van der Waals surface area contributed by atoms with Crippen LogP contribution in [0.5, 0.6) is 0 Å². The first-order chi connectivity index (χ1) is 17.6. The third kappa shape index (κ3) is 5.08. The van der Waals surface area contributed by atoms with Crippen molar-refractivity contribution in [3.8, 4) is 0 Å². The maximum atomic E-state index is 13.1. The van der Waals surface area contributed by atoms with Crippen LogP contribution in [0, 0.1) is 0 Å². The van der Waals surface area contributed by atoms with Crippen molar-refractivity contribution in [2.24, 2.45) is 10.9 Å². The van der Waals surface area contributed by atoms with Gasteiger partial charge in [-0.1, -0.05) is 47.6 Å². The van der Waals surface area contributed by atoms with Crippen molar-refractivity contribution in [3.63, 3.8) is 0 Å². The van der Waals surface area contributed by atoms with E-state index in [2.05, 4.69) is 20.4 Å². The fourth-order valence-electron chi connectivity index (χ4n) is 4.79. The Morgan fingerprint density at radius 3 is 2.32 bits per heavy atom. The highest BCUT2D eigenvalue weighted by molar-refractivity contribution is 6.06. The first-order valence-electron chi connectivity index (χ1n) is 11.8. The van der Waals surface area contributed by atoms with E-state index in [1.807, 2.05) is 54.6 Å². The van der Waals surface area contributed by atoms with Crippen molar-refractivity contribution in [1.29, 1.82) is 0 Å². The molecule has 0 saturated carbocycles. The van der Waals surface area contributed by atoms with E-state index in [0.29, 0.717) is 44.1 Å². The molecule has 5 N–H and O–H groups in total. The largest absolute Gasteiger partial charge is 0.412 e. The van der Waals surface area contributed by atoms with E-state index in [9.17, 15) is 9.59 Å². The molecule has 0 radical (unpaired) electrons. The van der Waals surface area contributed by atoms with Crippen LogP contribution >= 0.6 is 0 Å². The van der Waals surface area contributed by atoms with E-state index < -0.39 is 17.6 Å². The summed E-state index contributed by atoms with van der Waals surface area (Å²) in [4.78, 5) is 37.5. The molecule has 10 nitrogen and oxygen atoms in total. The molecule has 1 saturated heterocycles. The Kier molecular flexibility index (Phi) is 7.92. The molecule has 2 aromatic carbocycles. The zero-order valence-corrected chi connectivity index (χ0v) is 20.2. The van der Waals surface area contributed by atoms with E-state index in [1.54, 1.807) is 24.5 Å². The zero-order valence-electron chi connectivity index (χ0n) is 20.2. The summed E-state index contributed by atoms with van der Waals surface area (Å²) in [5.41, 5.74) is 8.54. The summed E-state index contributed by atoms with van der Waals surface area (Å²) in [6.07, 6.45) is 2.98. The summed E-state index contributed by atoms with van der Waals surface area (Å²) in [6.45, 7) is 2.16. The van der Waals surface area contributed by atoms with Crippen molar-refractivity contribution in [1.82, 2.24) is 9.88 Å². The van der Waals surface area contributed by atoms with Gasteiger partial charge in [-0.05, 0) is 35.4 Å². The average Bonchev–Trinajstić information content (AvgIpc) is 3.42. The van der Waals surface area contributed by atoms with Gasteiger partial charge in [-0.3, -0.25) is 19.5 Å². The molecule has 3 aromatic rings. The van der Waals surface area contributed by atoms with Crippen LogP contribution in [0.4, 0.5) is 5.69 Å². The quantitative estimate of drug-likeness (QED) is 0.498. The highest BCUT2D eigenvalue weighted by atomic mass is 16.6. The maximum Gasteiger partial charge on any atom is 0.268 e. The van der Waals surface area contributed by atoms with Gasteiger partial charge in [0.25, 0.3) is 5.91 Å². The van der Waals surface area contributed by atoms with E-state index in [1.165, 1.54) is 0 Å². The Hall–Kier alpha value is -4.12. The normalized spacial score (nSPS) is 19.0. The lowest BCUT2D eigenvalue weighted by Crippen LogP contribution is -2.58. The third-order valence-electron chi connectivity index (χ3n) is 6.56. The number of nitrogens with zero attached hydrogens (tertiary/aromatic N) is 3. The monoisotopic (exact) mass is 503 g/mol. The smallest absolute Gasteiger partial charge is 0.268 e. The Labute approximate surface area is 214 Å². The second kappa shape index (κ2) is 11.3. The predicted molar refractivity (Wildman–Crippen MR) is 138 cm³/mol. The fraction of sp³-hybridized carbons (Fsp3) is 0.259. The number of aromatic nitrogens is 1. The van der Waals surface area contributed by atoms with Gasteiger partial charge < -0.3 is 26.1 Å². The summed E-state index contributed by atoms with van der Waals surface area (Å²) in [5.74, 6) is -0.769. The fourth-order valence-corrected chi connectivity index (χ4v) is 4.79. The van der Waals surface area contributed by atoms with Crippen LogP contribution in [0.3, 0.4) is 0 Å². The standard InChI is InChI=1S/C27H27N5O4.H2O/c28-26(34)27(20-6-2-1-3-7-20,32-13-15-35-16-14-32)21-8-10-22(11-9-21)30-25(33)24-17-23(31-36-24)19-5-4-12-29-18-19;/h1-12,18,24H,13-17H2,(H2,28,34)(H,30,33);1H2. The third-order valence-corrected chi connectivity index (χ3v) is 6.56. The van der Waals surface area contributed by atoms with E-state index >= 15 is 0 Å². The first kappa shape index (κ1) is 26.0. The predicted octanol–water partition coefficient (Wildman–Crippen LogP) is 1.45. The van der Waals surface area contributed by atoms with Crippen molar-refractivity contribution < 1.29 is 24.6 Å². The minimum absolute atomic E-state index is 0. The number of hydrogen-bond donors (Lipinski definition) is 2. The van der Waals surface area contributed by atoms with Crippen LogP contribution in [-0.2, 0) is 24.7 Å². The van der Waals surface area contributed by atoms with Gasteiger partial charge in [0.05, 0.1) is 18.9 Å². The molecular formula is C27H29N5O5. The molecule has 0 aliphatic carbocycles. The number of oxime groups is 1.